The molecular formula is C20H30N4O3. The fourth-order valence-corrected chi connectivity index (χ4v) is 3.86. The number of nitrogens with one attached hydrogen (secondary N) is 1. The predicted molar refractivity (Wildman–Crippen MR) is 102 cm³/mol. The van der Waals surface area contributed by atoms with Gasteiger partial charge < -0.3 is 15.0 Å². The molecule has 2 amide bonds. The van der Waals surface area contributed by atoms with Crippen LogP contribution in [0, 0.1) is 11.8 Å². The molecule has 1 aromatic heterocycles. The Hall–Kier alpha value is -2.15. The minimum atomic E-state index is -0.209. The lowest BCUT2D eigenvalue weighted by Gasteiger charge is -2.22. The highest BCUT2D eigenvalue weighted by Gasteiger charge is 2.39. The summed E-state index contributed by atoms with van der Waals surface area (Å²) in [6, 6.07) is 1.91. The molecule has 0 spiro atoms. The zero-order valence-electron chi connectivity index (χ0n) is 16.6. The highest BCUT2D eigenvalue weighted by atomic mass is 16.5. The summed E-state index contributed by atoms with van der Waals surface area (Å²) in [7, 11) is 0. The monoisotopic (exact) mass is 374 g/mol. The Morgan fingerprint density at radius 3 is 2.74 bits per heavy atom. The highest BCUT2D eigenvalue weighted by molar-refractivity contribution is 5.92. The number of likely N-dealkylation sites (tertiary alicyclic amines) is 1. The van der Waals surface area contributed by atoms with Crippen LogP contribution in [0.1, 0.15) is 50.6 Å². The molecule has 0 aromatic carbocycles. The lowest BCUT2D eigenvalue weighted by molar-refractivity contribution is -0.126. The molecule has 1 N–H and O–H groups in total. The molecule has 4 atom stereocenters. The van der Waals surface area contributed by atoms with Gasteiger partial charge in [-0.1, -0.05) is 19.1 Å². The molecule has 0 radical (unpaired) electrons. The molecule has 0 saturated carbocycles. The minimum absolute atomic E-state index is 0.00395. The van der Waals surface area contributed by atoms with Crippen LogP contribution in [0.3, 0.4) is 0 Å². The Morgan fingerprint density at radius 1 is 1.37 bits per heavy atom. The fourth-order valence-electron chi connectivity index (χ4n) is 3.86. The van der Waals surface area contributed by atoms with Crippen LogP contribution in [0.2, 0.25) is 0 Å². The molecule has 2 aliphatic heterocycles. The second-order valence-electron chi connectivity index (χ2n) is 8.11. The molecule has 0 unspecified atom stereocenters. The molecule has 2 aliphatic rings. The van der Waals surface area contributed by atoms with E-state index in [2.05, 4.69) is 23.9 Å². The summed E-state index contributed by atoms with van der Waals surface area (Å²) in [5.74, 6) is -0.0883. The quantitative estimate of drug-likeness (QED) is 0.800. The zero-order valence-corrected chi connectivity index (χ0v) is 16.6. The van der Waals surface area contributed by atoms with Gasteiger partial charge in [-0.05, 0) is 39.2 Å². The Kier molecular flexibility index (Phi) is 5.69. The van der Waals surface area contributed by atoms with Crippen molar-refractivity contribution in [3.05, 3.63) is 30.1 Å². The van der Waals surface area contributed by atoms with Crippen molar-refractivity contribution < 1.29 is 14.3 Å². The third-order valence-corrected chi connectivity index (χ3v) is 5.50. The Morgan fingerprint density at radius 2 is 2.11 bits per heavy atom. The van der Waals surface area contributed by atoms with E-state index in [1.807, 2.05) is 27.0 Å². The first kappa shape index (κ1) is 19.6. The summed E-state index contributed by atoms with van der Waals surface area (Å²) < 4.78 is 7.42. The second-order valence-corrected chi connectivity index (χ2v) is 8.11. The standard InChI is InChI=1S/C20H30N4O3/c1-12(2)18-15(7-9-27-18)19(25)21-17-11-23(10-14(17)5)20(26)16-6-8-24(22-16)13(3)4/h6,8,13-15,17-18H,1,7,9-11H2,2-5H3,(H,21,25)/t14-,15-,17+,18-/m1/s1. The van der Waals surface area contributed by atoms with E-state index in [4.69, 9.17) is 4.74 Å². The molecule has 7 nitrogen and oxygen atoms in total. The van der Waals surface area contributed by atoms with Gasteiger partial charge in [-0.25, -0.2) is 0 Å². The Bertz CT molecular complexity index is 727. The van der Waals surface area contributed by atoms with E-state index in [0.717, 1.165) is 5.57 Å². The Labute approximate surface area is 160 Å². The third kappa shape index (κ3) is 4.08. The first-order valence-corrected chi connectivity index (χ1v) is 9.69. The van der Waals surface area contributed by atoms with E-state index < -0.39 is 0 Å². The number of hydrogen-bond donors (Lipinski definition) is 1. The summed E-state index contributed by atoms with van der Waals surface area (Å²) in [5, 5.41) is 7.51. The van der Waals surface area contributed by atoms with Crippen LogP contribution in [-0.2, 0) is 9.53 Å². The van der Waals surface area contributed by atoms with Crippen molar-refractivity contribution in [1.82, 2.24) is 20.0 Å². The largest absolute Gasteiger partial charge is 0.373 e. The van der Waals surface area contributed by atoms with Crippen LogP contribution in [0.5, 0.6) is 0 Å². The Balaban J connectivity index is 1.61. The van der Waals surface area contributed by atoms with Gasteiger partial charge >= 0.3 is 0 Å². The van der Waals surface area contributed by atoms with E-state index in [1.54, 1.807) is 15.6 Å². The normalized spacial score (nSPS) is 28.0. The molecule has 2 saturated heterocycles. The molecule has 148 valence electrons. The number of carbonyl (C=O) groups excluding carboxylic acids is 2. The van der Waals surface area contributed by atoms with Gasteiger partial charge in [-0.15, -0.1) is 0 Å². The molecule has 1 aromatic rings. The SMILES string of the molecule is C=C(C)[C@H]1OCC[C@H]1C(=O)N[C@H]1CN(C(=O)c2ccn(C(C)C)n2)C[C@H]1C. The number of nitrogens with zero attached hydrogens (tertiary/aromatic N) is 3. The lowest BCUT2D eigenvalue weighted by atomic mass is 9.95. The number of amides is 2. The summed E-state index contributed by atoms with van der Waals surface area (Å²) in [6.45, 7) is 13.6. The first-order chi connectivity index (χ1) is 12.8. The number of rotatable bonds is 5. The second kappa shape index (κ2) is 7.84. The number of hydrogen-bond acceptors (Lipinski definition) is 4. The van der Waals surface area contributed by atoms with E-state index in [1.165, 1.54) is 0 Å². The fraction of sp³-hybridized carbons (Fsp3) is 0.650. The third-order valence-electron chi connectivity index (χ3n) is 5.50. The number of carbonyl (C=O) groups is 2. The molecule has 2 fully saturated rings. The summed E-state index contributed by atoms with van der Waals surface area (Å²) >= 11 is 0. The van der Waals surface area contributed by atoms with Crippen LogP contribution in [-0.4, -0.2) is 58.3 Å². The zero-order chi connectivity index (χ0) is 19.7. The molecule has 3 rings (SSSR count). The maximum Gasteiger partial charge on any atom is 0.274 e. The molecule has 7 heteroatoms. The van der Waals surface area contributed by atoms with Crippen LogP contribution in [0.4, 0.5) is 0 Å². The van der Waals surface area contributed by atoms with Crippen molar-refractivity contribution in [3.8, 4) is 0 Å². The summed E-state index contributed by atoms with van der Waals surface area (Å²) in [4.78, 5) is 27.3. The first-order valence-electron chi connectivity index (χ1n) is 9.69. The van der Waals surface area contributed by atoms with Gasteiger partial charge in [0.1, 0.15) is 5.69 Å². The predicted octanol–water partition coefficient (Wildman–Crippen LogP) is 2.02. The molecule has 3 heterocycles. The van der Waals surface area contributed by atoms with Crippen molar-refractivity contribution >= 4 is 11.8 Å². The van der Waals surface area contributed by atoms with E-state index in [0.29, 0.717) is 31.8 Å². The van der Waals surface area contributed by atoms with Crippen LogP contribution in [0.15, 0.2) is 24.4 Å². The van der Waals surface area contributed by atoms with Gasteiger partial charge in [-0.2, -0.15) is 5.10 Å². The summed E-state index contributed by atoms with van der Waals surface area (Å²) in [6.07, 6.45) is 2.33. The van der Waals surface area contributed by atoms with Gasteiger partial charge in [0.2, 0.25) is 5.91 Å². The highest BCUT2D eigenvalue weighted by Crippen LogP contribution is 2.27. The number of aromatic nitrogens is 2. The van der Waals surface area contributed by atoms with Gasteiger partial charge in [0.05, 0.1) is 18.1 Å². The van der Waals surface area contributed by atoms with Crippen LogP contribution in [0.25, 0.3) is 0 Å². The van der Waals surface area contributed by atoms with E-state index in [-0.39, 0.29) is 41.8 Å². The van der Waals surface area contributed by atoms with Gasteiger partial charge in [0.25, 0.3) is 5.91 Å². The topological polar surface area (TPSA) is 76.5 Å². The molecule has 0 aliphatic carbocycles. The van der Waals surface area contributed by atoms with Gasteiger partial charge in [-0.3, -0.25) is 14.3 Å². The summed E-state index contributed by atoms with van der Waals surface area (Å²) in [5.41, 5.74) is 1.33. The number of ether oxygens (including phenoxy) is 1. The average Bonchev–Trinajstić information content (AvgIpc) is 3.34. The van der Waals surface area contributed by atoms with Crippen LogP contribution >= 0.6 is 0 Å². The van der Waals surface area contributed by atoms with E-state index >= 15 is 0 Å². The van der Waals surface area contributed by atoms with Crippen LogP contribution < -0.4 is 5.32 Å². The van der Waals surface area contributed by atoms with Gasteiger partial charge in [0, 0.05) is 31.9 Å². The molecule has 0 bridgehead atoms. The van der Waals surface area contributed by atoms with Crippen molar-refractivity contribution in [1.29, 1.82) is 0 Å². The minimum Gasteiger partial charge on any atom is -0.373 e. The van der Waals surface area contributed by atoms with Crippen molar-refractivity contribution in [2.45, 2.75) is 52.3 Å². The molecule has 27 heavy (non-hydrogen) atoms. The molecular weight excluding hydrogens is 344 g/mol. The van der Waals surface area contributed by atoms with Crippen molar-refractivity contribution in [3.63, 3.8) is 0 Å². The maximum atomic E-state index is 12.8. The lowest BCUT2D eigenvalue weighted by Crippen LogP contribution is -2.45. The van der Waals surface area contributed by atoms with Gasteiger partial charge in [0.15, 0.2) is 0 Å². The average molecular weight is 374 g/mol. The smallest absolute Gasteiger partial charge is 0.274 e. The van der Waals surface area contributed by atoms with Crippen molar-refractivity contribution in [2.75, 3.05) is 19.7 Å². The maximum absolute atomic E-state index is 12.8. The van der Waals surface area contributed by atoms with E-state index in [9.17, 15) is 9.59 Å². The van der Waals surface area contributed by atoms with Crippen molar-refractivity contribution in [2.24, 2.45) is 11.8 Å².